The lowest BCUT2D eigenvalue weighted by Crippen LogP contribution is -2.11. The maximum atomic E-state index is 11.5. The molecule has 4 rings (SSSR count). The molecule has 0 aliphatic carbocycles. The van der Waals surface area contributed by atoms with Crippen LogP contribution in [0, 0.1) is 0 Å². The molecular weight excluding hydrogens is 408 g/mol. The molecule has 3 aromatic rings. The zero-order valence-electron chi connectivity index (χ0n) is 14.5. The third-order valence-corrected chi connectivity index (χ3v) is 4.80. The number of nitrogens with zero attached hydrogens (tertiary/aromatic N) is 3. The number of anilines is 4. The number of rotatable bonds is 5. The highest BCUT2D eigenvalue weighted by atomic mass is 79.9. The Morgan fingerprint density at radius 3 is 2.93 bits per heavy atom. The van der Waals surface area contributed by atoms with Crippen molar-refractivity contribution < 1.29 is 4.79 Å². The largest absolute Gasteiger partial charge is 0.361 e. The molecule has 3 N–H and O–H groups in total. The van der Waals surface area contributed by atoms with Gasteiger partial charge in [-0.1, -0.05) is 6.07 Å². The standard InChI is InChI=1S/C19H17BrN6O/c1-11(15-4-2-3-7-21-15)23-18-14(20)10-22-19(26-18)24-13-5-6-16-12(8-13)9-17(27)25-16/h2-8,10-11H,9H2,1H3,(H,25,27)(H2,22,23,24,26). The van der Waals surface area contributed by atoms with E-state index < -0.39 is 0 Å². The van der Waals surface area contributed by atoms with Gasteiger partial charge in [0.15, 0.2) is 0 Å². The van der Waals surface area contributed by atoms with Crippen LogP contribution in [0.3, 0.4) is 0 Å². The summed E-state index contributed by atoms with van der Waals surface area (Å²) in [6.07, 6.45) is 3.85. The summed E-state index contributed by atoms with van der Waals surface area (Å²) in [4.78, 5) is 24.7. The van der Waals surface area contributed by atoms with Crippen LogP contribution in [0.5, 0.6) is 0 Å². The molecule has 7 nitrogen and oxygen atoms in total. The van der Waals surface area contributed by atoms with Crippen LogP contribution in [0.2, 0.25) is 0 Å². The number of fused-ring (bicyclic) bond motifs is 1. The first-order chi connectivity index (χ1) is 13.1. The summed E-state index contributed by atoms with van der Waals surface area (Å²) in [5, 5.41) is 9.36. The maximum Gasteiger partial charge on any atom is 0.229 e. The van der Waals surface area contributed by atoms with Crippen molar-refractivity contribution in [3.8, 4) is 0 Å². The Bertz CT molecular complexity index is 995. The van der Waals surface area contributed by atoms with E-state index in [9.17, 15) is 4.79 Å². The van der Waals surface area contributed by atoms with Gasteiger partial charge >= 0.3 is 0 Å². The van der Waals surface area contributed by atoms with Crippen LogP contribution >= 0.6 is 15.9 Å². The van der Waals surface area contributed by atoms with E-state index in [1.54, 1.807) is 12.4 Å². The second kappa shape index (κ2) is 7.32. The molecule has 0 bridgehead atoms. The molecule has 1 unspecified atom stereocenters. The van der Waals surface area contributed by atoms with Crippen LogP contribution in [0.25, 0.3) is 0 Å². The van der Waals surface area contributed by atoms with E-state index in [1.807, 2.05) is 43.3 Å². The van der Waals surface area contributed by atoms with Gasteiger partial charge in [-0.15, -0.1) is 0 Å². The summed E-state index contributed by atoms with van der Waals surface area (Å²) < 4.78 is 0.764. The lowest BCUT2D eigenvalue weighted by atomic mass is 10.1. The van der Waals surface area contributed by atoms with Crippen molar-refractivity contribution in [2.45, 2.75) is 19.4 Å². The minimum Gasteiger partial charge on any atom is -0.361 e. The highest BCUT2D eigenvalue weighted by Crippen LogP contribution is 2.29. The molecule has 3 heterocycles. The number of nitrogens with one attached hydrogen (secondary N) is 3. The van der Waals surface area contributed by atoms with Gasteiger partial charge in [0.1, 0.15) is 5.82 Å². The topological polar surface area (TPSA) is 91.8 Å². The van der Waals surface area contributed by atoms with Gasteiger partial charge in [-0.3, -0.25) is 9.78 Å². The fourth-order valence-corrected chi connectivity index (χ4v) is 3.18. The fraction of sp³-hybridized carbons (Fsp3) is 0.158. The lowest BCUT2D eigenvalue weighted by Gasteiger charge is -2.16. The second-order valence-corrected chi connectivity index (χ2v) is 7.09. The van der Waals surface area contributed by atoms with E-state index in [0.29, 0.717) is 18.2 Å². The van der Waals surface area contributed by atoms with Crippen LogP contribution in [0.4, 0.5) is 23.1 Å². The average Bonchev–Trinajstić information content (AvgIpc) is 3.04. The zero-order valence-corrected chi connectivity index (χ0v) is 16.1. The van der Waals surface area contributed by atoms with E-state index in [-0.39, 0.29) is 11.9 Å². The number of pyridine rings is 1. The normalized spacial score (nSPS) is 13.6. The van der Waals surface area contributed by atoms with Crippen molar-refractivity contribution in [3.05, 3.63) is 64.5 Å². The molecule has 2 aromatic heterocycles. The van der Waals surface area contributed by atoms with Gasteiger partial charge in [0.25, 0.3) is 0 Å². The number of carbonyl (C=O) groups is 1. The monoisotopic (exact) mass is 424 g/mol. The predicted octanol–water partition coefficient (Wildman–Crippen LogP) is 4.05. The number of aromatic nitrogens is 3. The molecule has 0 radical (unpaired) electrons. The Morgan fingerprint density at radius 1 is 1.22 bits per heavy atom. The SMILES string of the molecule is CC(Nc1nc(Nc2ccc3c(c2)CC(=O)N3)ncc1Br)c1ccccn1. The lowest BCUT2D eigenvalue weighted by molar-refractivity contribution is -0.115. The van der Waals surface area contributed by atoms with Crippen LogP contribution < -0.4 is 16.0 Å². The third-order valence-electron chi connectivity index (χ3n) is 4.22. The number of hydrogen-bond acceptors (Lipinski definition) is 6. The molecule has 0 saturated carbocycles. The predicted molar refractivity (Wildman–Crippen MR) is 108 cm³/mol. The molecule has 1 amide bonds. The van der Waals surface area contributed by atoms with Crippen molar-refractivity contribution in [2.24, 2.45) is 0 Å². The smallest absolute Gasteiger partial charge is 0.229 e. The number of halogens is 1. The maximum absolute atomic E-state index is 11.5. The van der Waals surface area contributed by atoms with Crippen molar-refractivity contribution in [3.63, 3.8) is 0 Å². The highest BCUT2D eigenvalue weighted by Gasteiger charge is 2.18. The Morgan fingerprint density at radius 2 is 2.11 bits per heavy atom. The van der Waals surface area contributed by atoms with Crippen LogP contribution in [-0.4, -0.2) is 20.9 Å². The molecule has 27 heavy (non-hydrogen) atoms. The van der Waals surface area contributed by atoms with Gasteiger partial charge in [-0.05, 0) is 58.7 Å². The number of benzene rings is 1. The van der Waals surface area contributed by atoms with Crippen molar-refractivity contribution >= 4 is 45.0 Å². The molecular formula is C19H17BrN6O. The second-order valence-electron chi connectivity index (χ2n) is 6.23. The summed E-state index contributed by atoms with van der Waals surface area (Å²) in [5.74, 6) is 1.15. The van der Waals surface area contributed by atoms with Gasteiger partial charge in [0, 0.05) is 23.8 Å². The first-order valence-corrected chi connectivity index (χ1v) is 9.27. The van der Waals surface area contributed by atoms with Gasteiger partial charge in [-0.25, -0.2) is 4.98 Å². The van der Waals surface area contributed by atoms with E-state index in [0.717, 1.165) is 27.1 Å². The van der Waals surface area contributed by atoms with Crippen LogP contribution in [0.15, 0.2) is 53.3 Å². The molecule has 1 aliphatic rings. The average molecular weight is 425 g/mol. The minimum absolute atomic E-state index is 0.0111. The summed E-state index contributed by atoms with van der Waals surface area (Å²) in [5.41, 5.74) is 3.57. The molecule has 0 saturated heterocycles. The summed E-state index contributed by atoms with van der Waals surface area (Å²) >= 11 is 3.48. The Kier molecular flexibility index (Phi) is 4.72. The molecule has 1 aliphatic heterocycles. The van der Waals surface area contributed by atoms with Crippen LogP contribution in [0.1, 0.15) is 24.2 Å². The van der Waals surface area contributed by atoms with Gasteiger partial charge in [0.05, 0.1) is 22.6 Å². The zero-order chi connectivity index (χ0) is 18.8. The quantitative estimate of drug-likeness (QED) is 0.572. The summed E-state index contributed by atoms with van der Waals surface area (Å²) in [6, 6.07) is 11.5. The number of hydrogen-bond donors (Lipinski definition) is 3. The summed E-state index contributed by atoms with van der Waals surface area (Å²) in [7, 11) is 0. The van der Waals surface area contributed by atoms with E-state index in [4.69, 9.17) is 0 Å². The van der Waals surface area contributed by atoms with Gasteiger partial charge in [-0.2, -0.15) is 4.98 Å². The molecule has 1 aromatic carbocycles. The molecule has 0 fully saturated rings. The molecule has 0 spiro atoms. The fourth-order valence-electron chi connectivity index (χ4n) is 2.88. The summed E-state index contributed by atoms with van der Waals surface area (Å²) in [6.45, 7) is 2.02. The highest BCUT2D eigenvalue weighted by molar-refractivity contribution is 9.10. The first kappa shape index (κ1) is 17.4. The van der Waals surface area contributed by atoms with Gasteiger partial charge in [0.2, 0.25) is 11.9 Å². The van der Waals surface area contributed by atoms with E-state index >= 15 is 0 Å². The minimum atomic E-state index is -0.0117. The van der Waals surface area contributed by atoms with Crippen LogP contribution in [-0.2, 0) is 11.2 Å². The van der Waals surface area contributed by atoms with Crippen molar-refractivity contribution in [1.82, 2.24) is 15.0 Å². The molecule has 1 atom stereocenters. The van der Waals surface area contributed by atoms with E-state index in [2.05, 4.69) is 46.8 Å². The number of carbonyl (C=O) groups excluding carboxylic acids is 1. The molecule has 8 heteroatoms. The third kappa shape index (κ3) is 3.90. The first-order valence-electron chi connectivity index (χ1n) is 8.48. The van der Waals surface area contributed by atoms with Crippen molar-refractivity contribution in [2.75, 3.05) is 16.0 Å². The Balaban J connectivity index is 1.52. The van der Waals surface area contributed by atoms with Gasteiger partial charge < -0.3 is 16.0 Å². The van der Waals surface area contributed by atoms with E-state index in [1.165, 1.54) is 0 Å². The number of amides is 1. The Labute approximate surface area is 164 Å². The van der Waals surface area contributed by atoms with Crippen molar-refractivity contribution in [1.29, 1.82) is 0 Å². The Hall–Kier alpha value is -3.00. The molecule has 136 valence electrons.